The lowest BCUT2D eigenvalue weighted by atomic mass is 9.84. The third-order valence-electron chi connectivity index (χ3n) is 5.11. The number of fused-ring (bicyclic) bond motifs is 4. The maximum atomic E-state index is 13.4. The Morgan fingerprint density at radius 3 is 2.91 bits per heavy atom. The molecule has 1 aromatic carbocycles. The lowest BCUT2D eigenvalue weighted by molar-refractivity contribution is -0.128. The van der Waals surface area contributed by atoms with Crippen molar-refractivity contribution >= 4 is 5.91 Å². The second kappa shape index (κ2) is 6.57. The van der Waals surface area contributed by atoms with Gasteiger partial charge in [-0.3, -0.25) is 14.6 Å². The minimum Gasteiger partial charge on any atom is -0.354 e. The quantitative estimate of drug-likeness (QED) is 0.916. The van der Waals surface area contributed by atoms with Gasteiger partial charge in [0.25, 0.3) is 0 Å². The molecule has 3 fully saturated rings. The minimum absolute atomic E-state index is 0.0467. The number of hydrogen-bond acceptors (Lipinski definition) is 3. The predicted octanol–water partition coefficient (Wildman–Crippen LogP) is 1.61. The molecule has 0 spiro atoms. The van der Waals surface area contributed by atoms with Crippen molar-refractivity contribution in [2.45, 2.75) is 31.7 Å². The van der Waals surface area contributed by atoms with Gasteiger partial charge in [0.15, 0.2) is 0 Å². The maximum absolute atomic E-state index is 13.4. The van der Waals surface area contributed by atoms with Crippen LogP contribution in [0.3, 0.4) is 0 Å². The Morgan fingerprint density at radius 2 is 2.13 bits per heavy atom. The molecule has 2 bridgehead atoms. The molecule has 126 valence electrons. The number of carbonyl (C=O) groups is 1. The van der Waals surface area contributed by atoms with Crippen LogP contribution in [-0.4, -0.2) is 61.0 Å². The van der Waals surface area contributed by atoms with Crippen molar-refractivity contribution in [2.24, 2.45) is 0 Å². The van der Waals surface area contributed by atoms with Crippen molar-refractivity contribution in [3.8, 4) is 0 Å². The summed E-state index contributed by atoms with van der Waals surface area (Å²) >= 11 is 0. The molecule has 2 unspecified atom stereocenters. The lowest BCUT2D eigenvalue weighted by Gasteiger charge is -2.37. The second-order valence-electron chi connectivity index (χ2n) is 7.32. The molecule has 0 aromatic heterocycles. The molecule has 0 aliphatic carbocycles. The van der Waals surface area contributed by atoms with E-state index in [4.69, 9.17) is 0 Å². The molecule has 3 aliphatic rings. The van der Waals surface area contributed by atoms with E-state index in [9.17, 15) is 9.18 Å². The van der Waals surface area contributed by atoms with Gasteiger partial charge in [-0.15, -0.1) is 0 Å². The Morgan fingerprint density at radius 1 is 1.30 bits per heavy atom. The van der Waals surface area contributed by atoms with Crippen LogP contribution in [0.2, 0.25) is 0 Å². The van der Waals surface area contributed by atoms with Gasteiger partial charge in [-0.25, -0.2) is 4.39 Å². The summed E-state index contributed by atoms with van der Waals surface area (Å²) in [5.41, 5.74) is 0.612. The van der Waals surface area contributed by atoms with Crippen LogP contribution in [0.5, 0.6) is 0 Å². The van der Waals surface area contributed by atoms with Crippen LogP contribution in [0.25, 0.3) is 0 Å². The second-order valence-corrected chi connectivity index (χ2v) is 7.32. The highest BCUT2D eigenvalue weighted by molar-refractivity contribution is 5.82. The van der Waals surface area contributed by atoms with E-state index in [1.165, 1.54) is 6.07 Å². The van der Waals surface area contributed by atoms with Crippen LogP contribution >= 0.6 is 0 Å². The predicted molar refractivity (Wildman–Crippen MR) is 88.9 cm³/mol. The van der Waals surface area contributed by atoms with Crippen molar-refractivity contribution in [2.75, 3.05) is 39.3 Å². The van der Waals surface area contributed by atoms with Gasteiger partial charge in [0.1, 0.15) is 11.9 Å². The van der Waals surface area contributed by atoms with Crippen molar-refractivity contribution in [3.63, 3.8) is 0 Å². The van der Waals surface area contributed by atoms with Gasteiger partial charge >= 0.3 is 0 Å². The molecule has 0 radical (unpaired) electrons. The van der Waals surface area contributed by atoms with Crippen molar-refractivity contribution in [3.05, 3.63) is 35.6 Å². The van der Waals surface area contributed by atoms with Crippen molar-refractivity contribution in [1.82, 2.24) is 15.1 Å². The molecule has 1 amide bonds. The number of halogens is 1. The normalized spacial score (nSPS) is 27.5. The van der Waals surface area contributed by atoms with Crippen LogP contribution in [0.4, 0.5) is 4.39 Å². The molecular formula is C18H26FN3O. The number of nitrogens with zero attached hydrogens (tertiary/aromatic N) is 2. The molecule has 1 aromatic rings. The smallest absolute Gasteiger partial charge is 0.238 e. The van der Waals surface area contributed by atoms with Gasteiger partial charge < -0.3 is 5.32 Å². The van der Waals surface area contributed by atoms with Crippen LogP contribution in [0, 0.1) is 5.82 Å². The summed E-state index contributed by atoms with van der Waals surface area (Å²) < 4.78 is 13.4. The highest BCUT2D eigenvalue weighted by atomic mass is 19.1. The highest BCUT2D eigenvalue weighted by Crippen LogP contribution is 2.23. The fraction of sp³-hybridized carbons (Fsp3) is 0.611. The van der Waals surface area contributed by atoms with Gasteiger partial charge in [-0.1, -0.05) is 26.0 Å². The standard InChI is InChI=1S/C18H26FN3O/c1-18(2,14-5-3-6-15(19)11-14)13-20-17(23)16-12-21-7-4-8-22(16)10-9-21/h3,5-6,11,16H,4,7-10,12-13H2,1-2H3,(H,20,23)/t16-/m1/s1. The van der Waals surface area contributed by atoms with E-state index in [1.807, 2.05) is 19.9 Å². The van der Waals surface area contributed by atoms with Crippen LogP contribution in [0.1, 0.15) is 25.8 Å². The molecular weight excluding hydrogens is 293 g/mol. The number of hydrogen-bond donors (Lipinski definition) is 1. The summed E-state index contributed by atoms with van der Waals surface area (Å²) in [6, 6.07) is 6.58. The fourth-order valence-electron chi connectivity index (χ4n) is 3.53. The number of rotatable bonds is 4. The van der Waals surface area contributed by atoms with Crippen LogP contribution < -0.4 is 5.32 Å². The maximum Gasteiger partial charge on any atom is 0.238 e. The van der Waals surface area contributed by atoms with Crippen LogP contribution in [0.15, 0.2) is 24.3 Å². The summed E-state index contributed by atoms with van der Waals surface area (Å²) in [7, 11) is 0. The number of carbonyl (C=O) groups excluding carboxylic acids is 1. The average molecular weight is 319 g/mol. The summed E-state index contributed by atoms with van der Waals surface area (Å²) in [6.45, 7) is 9.54. The summed E-state index contributed by atoms with van der Waals surface area (Å²) in [6.07, 6.45) is 1.14. The zero-order valence-electron chi connectivity index (χ0n) is 14.0. The largest absolute Gasteiger partial charge is 0.354 e. The first-order valence-corrected chi connectivity index (χ1v) is 8.46. The number of benzene rings is 1. The number of amides is 1. The molecule has 1 N–H and O–H groups in total. The molecule has 4 nitrogen and oxygen atoms in total. The first kappa shape index (κ1) is 16.4. The number of nitrogens with one attached hydrogen (secondary N) is 1. The SMILES string of the molecule is CC(C)(CNC(=O)[C@H]1CN2CCCN1CC2)c1cccc(F)c1. The lowest BCUT2D eigenvalue weighted by Crippen LogP contribution is -2.57. The number of piperazine rings is 1. The zero-order valence-corrected chi connectivity index (χ0v) is 14.0. The first-order valence-electron chi connectivity index (χ1n) is 8.46. The molecule has 3 saturated heterocycles. The molecule has 3 aliphatic heterocycles. The fourth-order valence-corrected chi connectivity index (χ4v) is 3.53. The third kappa shape index (κ3) is 3.72. The topological polar surface area (TPSA) is 35.6 Å². The molecule has 3 heterocycles. The van der Waals surface area contributed by atoms with E-state index in [2.05, 4.69) is 15.1 Å². The summed E-state index contributed by atoms with van der Waals surface area (Å²) in [5, 5.41) is 3.09. The van der Waals surface area contributed by atoms with E-state index in [-0.39, 0.29) is 23.2 Å². The Bertz CT molecular complexity index is 571. The minimum atomic E-state index is -0.295. The van der Waals surface area contributed by atoms with Gasteiger partial charge in [-0.2, -0.15) is 0 Å². The average Bonchev–Trinajstić information content (AvgIpc) is 2.88. The van der Waals surface area contributed by atoms with Gasteiger partial charge in [0.2, 0.25) is 5.91 Å². The summed E-state index contributed by atoms with van der Waals surface area (Å²) in [5.74, 6) is -0.136. The first-order chi connectivity index (χ1) is 11.0. The van der Waals surface area contributed by atoms with E-state index in [1.54, 1.807) is 12.1 Å². The van der Waals surface area contributed by atoms with E-state index < -0.39 is 0 Å². The van der Waals surface area contributed by atoms with E-state index >= 15 is 0 Å². The highest BCUT2D eigenvalue weighted by Gasteiger charge is 2.35. The van der Waals surface area contributed by atoms with Gasteiger partial charge in [0.05, 0.1) is 0 Å². The molecule has 5 heteroatoms. The van der Waals surface area contributed by atoms with Gasteiger partial charge in [0, 0.05) is 38.1 Å². The van der Waals surface area contributed by atoms with Crippen molar-refractivity contribution < 1.29 is 9.18 Å². The van der Waals surface area contributed by atoms with Crippen LogP contribution in [-0.2, 0) is 10.2 Å². The Labute approximate surface area is 137 Å². The Kier molecular flexibility index (Phi) is 4.69. The monoisotopic (exact) mass is 319 g/mol. The van der Waals surface area contributed by atoms with E-state index in [0.29, 0.717) is 6.54 Å². The van der Waals surface area contributed by atoms with Gasteiger partial charge in [-0.05, 0) is 30.7 Å². The van der Waals surface area contributed by atoms with Crippen molar-refractivity contribution in [1.29, 1.82) is 0 Å². The third-order valence-corrected chi connectivity index (χ3v) is 5.11. The Balaban J connectivity index is 1.62. The zero-order chi connectivity index (χ0) is 16.4. The molecule has 0 saturated carbocycles. The molecule has 23 heavy (non-hydrogen) atoms. The van der Waals surface area contributed by atoms with E-state index in [0.717, 1.165) is 44.7 Å². The molecule has 3 atom stereocenters. The Hall–Kier alpha value is -1.46. The molecule has 4 rings (SSSR count). The summed E-state index contributed by atoms with van der Waals surface area (Å²) in [4.78, 5) is 17.3.